The minimum Gasteiger partial charge on any atom is -0.493 e. The summed E-state index contributed by atoms with van der Waals surface area (Å²) in [5.41, 5.74) is 2.12. The van der Waals surface area contributed by atoms with Crippen LogP contribution < -0.4 is 10.1 Å². The van der Waals surface area contributed by atoms with E-state index in [2.05, 4.69) is 36.2 Å². The van der Waals surface area contributed by atoms with Gasteiger partial charge in [0.25, 0.3) is 0 Å². The Balaban J connectivity index is 1.68. The number of nitrogens with one attached hydrogen (secondary N) is 1. The van der Waals surface area contributed by atoms with E-state index in [1.165, 1.54) is 12.8 Å². The van der Waals surface area contributed by atoms with Crippen molar-refractivity contribution in [3.05, 3.63) is 65.7 Å². The molecule has 1 saturated heterocycles. The highest BCUT2D eigenvalue weighted by Crippen LogP contribution is 2.22. The Morgan fingerprint density at radius 1 is 1.03 bits per heavy atom. The highest BCUT2D eigenvalue weighted by Gasteiger charge is 2.23. The number of hydrogen-bond donors (Lipinski definition) is 1. The molecule has 1 fully saturated rings. The van der Waals surface area contributed by atoms with E-state index in [9.17, 15) is 4.79 Å². The minimum absolute atomic E-state index is 0.0446. The molecule has 1 heterocycles. The third-order valence-electron chi connectivity index (χ3n) is 6.15. The maximum absolute atomic E-state index is 13.1. The van der Waals surface area contributed by atoms with Crippen LogP contribution in [0.3, 0.4) is 0 Å². The highest BCUT2D eigenvalue weighted by molar-refractivity contribution is 5.83. The standard InChI is InChI=1S/C27H38N2O3/c1-4-8-21(2)20-32-25-13-11-24(12-14-25)26(19-29-15-17-31-18-16-29)28-27(30)22(3)23-9-6-5-7-10-23/h5-7,9-14,21-22,26H,4,8,15-20H2,1-3H3,(H,28,30)/t21?,22-,26-/m0/s1. The molecule has 0 bridgehead atoms. The number of ether oxygens (including phenoxy) is 2. The fourth-order valence-corrected chi connectivity index (χ4v) is 4.08. The van der Waals surface area contributed by atoms with Gasteiger partial charge in [-0.1, -0.05) is 62.7 Å². The Morgan fingerprint density at radius 3 is 2.38 bits per heavy atom. The summed E-state index contributed by atoms with van der Waals surface area (Å²) >= 11 is 0. The van der Waals surface area contributed by atoms with E-state index in [-0.39, 0.29) is 17.9 Å². The van der Waals surface area contributed by atoms with Crippen LogP contribution in [0, 0.1) is 5.92 Å². The van der Waals surface area contributed by atoms with Gasteiger partial charge < -0.3 is 14.8 Å². The zero-order valence-corrected chi connectivity index (χ0v) is 19.8. The van der Waals surface area contributed by atoms with Crippen LogP contribution in [0.25, 0.3) is 0 Å². The second-order valence-electron chi connectivity index (χ2n) is 8.88. The number of carbonyl (C=O) groups is 1. The lowest BCUT2D eigenvalue weighted by Crippen LogP contribution is -2.43. The average molecular weight is 439 g/mol. The van der Waals surface area contributed by atoms with Crippen molar-refractivity contribution < 1.29 is 14.3 Å². The molecule has 0 saturated carbocycles. The molecule has 1 aliphatic rings. The number of rotatable bonds is 11. The number of benzene rings is 2. The molecular weight excluding hydrogens is 400 g/mol. The first-order valence-electron chi connectivity index (χ1n) is 11.9. The first kappa shape index (κ1) is 24.3. The maximum Gasteiger partial charge on any atom is 0.227 e. The lowest BCUT2D eigenvalue weighted by atomic mass is 9.99. The van der Waals surface area contributed by atoms with E-state index < -0.39 is 0 Å². The van der Waals surface area contributed by atoms with E-state index in [0.29, 0.717) is 5.92 Å². The molecule has 0 radical (unpaired) electrons. The number of carbonyl (C=O) groups excluding carboxylic acids is 1. The first-order valence-corrected chi connectivity index (χ1v) is 11.9. The van der Waals surface area contributed by atoms with E-state index in [1.807, 2.05) is 49.4 Å². The summed E-state index contributed by atoms with van der Waals surface area (Å²) in [7, 11) is 0. The number of hydrogen-bond acceptors (Lipinski definition) is 4. The van der Waals surface area contributed by atoms with Gasteiger partial charge in [-0.2, -0.15) is 0 Å². The zero-order valence-electron chi connectivity index (χ0n) is 19.8. The summed E-state index contributed by atoms with van der Waals surface area (Å²) in [6.07, 6.45) is 2.35. The number of nitrogens with zero attached hydrogens (tertiary/aromatic N) is 1. The lowest BCUT2D eigenvalue weighted by molar-refractivity contribution is -0.123. The van der Waals surface area contributed by atoms with Crippen LogP contribution in [-0.2, 0) is 9.53 Å². The van der Waals surface area contributed by atoms with Gasteiger partial charge in [-0.3, -0.25) is 9.69 Å². The number of amides is 1. The van der Waals surface area contributed by atoms with Gasteiger partial charge in [0.05, 0.1) is 31.8 Å². The summed E-state index contributed by atoms with van der Waals surface area (Å²) < 4.78 is 11.5. The Hall–Kier alpha value is -2.37. The summed E-state index contributed by atoms with van der Waals surface area (Å²) in [6, 6.07) is 18.1. The molecular formula is C27H38N2O3. The molecule has 0 aliphatic carbocycles. The molecule has 1 unspecified atom stereocenters. The monoisotopic (exact) mass is 438 g/mol. The van der Waals surface area contributed by atoms with Gasteiger partial charge in [0.15, 0.2) is 0 Å². The first-order chi connectivity index (χ1) is 15.6. The molecule has 3 rings (SSSR count). The molecule has 0 aromatic heterocycles. The van der Waals surface area contributed by atoms with Gasteiger partial charge in [-0.15, -0.1) is 0 Å². The van der Waals surface area contributed by atoms with Crippen molar-refractivity contribution in [2.24, 2.45) is 5.92 Å². The summed E-state index contributed by atoms with van der Waals surface area (Å²) in [5, 5.41) is 3.30. The molecule has 1 amide bonds. The van der Waals surface area contributed by atoms with Gasteiger partial charge >= 0.3 is 0 Å². The summed E-state index contributed by atoms with van der Waals surface area (Å²) in [4.78, 5) is 15.5. The van der Waals surface area contributed by atoms with Crippen molar-refractivity contribution in [3.63, 3.8) is 0 Å². The molecule has 1 aliphatic heterocycles. The van der Waals surface area contributed by atoms with Crippen molar-refractivity contribution in [1.29, 1.82) is 0 Å². The van der Waals surface area contributed by atoms with Gasteiger partial charge in [-0.25, -0.2) is 0 Å². The van der Waals surface area contributed by atoms with Crippen LogP contribution >= 0.6 is 0 Å². The predicted octanol–water partition coefficient (Wildman–Crippen LogP) is 4.79. The van der Waals surface area contributed by atoms with Crippen LogP contribution in [0.1, 0.15) is 56.7 Å². The third kappa shape index (κ3) is 7.35. The topological polar surface area (TPSA) is 50.8 Å². The van der Waals surface area contributed by atoms with Crippen molar-refractivity contribution in [3.8, 4) is 5.75 Å². The molecule has 174 valence electrons. The van der Waals surface area contributed by atoms with Crippen molar-refractivity contribution in [2.45, 2.75) is 45.6 Å². The normalized spacial score (nSPS) is 17.3. The predicted molar refractivity (Wildman–Crippen MR) is 129 cm³/mol. The van der Waals surface area contributed by atoms with E-state index >= 15 is 0 Å². The highest BCUT2D eigenvalue weighted by atomic mass is 16.5. The van der Waals surface area contributed by atoms with E-state index in [0.717, 1.165) is 56.3 Å². The Labute approximate surface area is 193 Å². The molecule has 0 spiro atoms. The van der Waals surface area contributed by atoms with Gasteiger partial charge in [0, 0.05) is 19.6 Å². The third-order valence-corrected chi connectivity index (χ3v) is 6.15. The van der Waals surface area contributed by atoms with Gasteiger partial charge in [0.2, 0.25) is 5.91 Å². The summed E-state index contributed by atoms with van der Waals surface area (Å²) in [5.74, 6) is 1.27. The summed E-state index contributed by atoms with van der Waals surface area (Å²) in [6.45, 7) is 11.1. The SMILES string of the molecule is CCCC(C)COc1ccc([C@H](CN2CCOCC2)NC(=O)[C@@H](C)c2ccccc2)cc1. The van der Waals surface area contributed by atoms with Crippen molar-refractivity contribution in [1.82, 2.24) is 10.2 Å². The minimum atomic E-state index is -0.203. The molecule has 2 aromatic carbocycles. The fraction of sp³-hybridized carbons (Fsp3) is 0.519. The second kappa shape index (κ2) is 12.6. The van der Waals surface area contributed by atoms with Crippen molar-refractivity contribution >= 4 is 5.91 Å². The van der Waals surface area contributed by atoms with Gasteiger partial charge in [-0.05, 0) is 42.5 Å². The zero-order chi connectivity index (χ0) is 22.8. The molecule has 32 heavy (non-hydrogen) atoms. The van der Waals surface area contributed by atoms with Crippen LogP contribution in [0.4, 0.5) is 0 Å². The van der Waals surface area contributed by atoms with Gasteiger partial charge in [0.1, 0.15) is 5.75 Å². The largest absolute Gasteiger partial charge is 0.493 e. The Morgan fingerprint density at radius 2 is 1.72 bits per heavy atom. The Bertz CT molecular complexity index is 803. The van der Waals surface area contributed by atoms with E-state index in [1.54, 1.807) is 0 Å². The fourth-order valence-electron chi connectivity index (χ4n) is 4.08. The number of morpholine rings is 1. The van der Waals surface area contributed by atoms with Crippen LogP contribution in [-0.4, -0.2) is 50.3 Å². The molecule has 5 heteroatoms. The van der Waals surface area contributed by atoms with Crippen LogP contribution in [0.15, 0.2) is 54.6 Å². The molecule has 5 nitrogen and oxygen atoms in total. The van der Waals surface area contributed by atoms with Crippen LogP contribution in [0.5, 0.6) is 5.75 Å². The van der Waals surface area contributed by atoms with Crippen LogP contribution in [0.2, 0.25) is 0 Å². The molecule has 3 atom stereocenters. The van der Waals surface area contributed by atoms with E-state index in [4.69, 9.17) is 9.47 Å². The lowest BCUT2D eigenvalue weighted by Gasteiger charge is -2.31. The molecule has 2 aromatic rings. The Kier molecular flexibility index (Phi) is 9.57. The smallest absolute Gasteiger partial charge is 0.227 e. The second-order valence-corrected chi connectivity index (χ2v) is 8.88. The van der Waals surface area contributed by atoms with Crippen molar-refractivity contribution in [2.75, 3.05) is 39.5 Å². The average Bonchev–Trinajstić information content (AvgIpc) is 2.83. The molecule has 1 N–H and O–H groups in total. The quantitative estimate of drug-likeness (QED) is 0.548. The maximum atomic E-state index is 13.1.